The molecular weight excluding hydrogens is 216 g/mol. The minimum Gasteiger partial charge on any atom is -0.379 e. The fourth-order valence-corrected chi connectivity index (χ4v) is 1.58. The van der Waals surface area contributed by atoms with Crippen molar-refractivity contribution in [3.63, 3.8) is 0 Å². The summed E-state index contributed by atoms with van der Waals surface area (Å²) >= 11 is 0. The summed E-state index contributed by atoms with van der Waals surface area (Å²) in [6, 6.07) is 5.65. The Morgan fingerprint density at radius 1 is 1.35 bits per heavy atom. The number of nitrogens with zero attached hydrogens (tertiary/aromatic N) is 1. The van der Waals surface area contributed by atoms with Gasteiger partial charge in [-0.3, -0.25) is 4.98 Å². The highest BCUT2D eigenvalue weighted by Gasteiger charge is 2.20. The second kappa shape index (κ2) is 7.37. The topological polar surface area (TPSA) is 57.4 Å². The Balaban J connectivity index is 2.61. The second-order valence-electron chi connectivity index (χ2n) is 4.14. The van der Waals surface area contributed by atoms with Gasteiger partial charge in [0.1, 0.15) is 6.10 Å². The fourth-order valence-electron chi connectivity index (χ4n) is 1.58. The minimum atomic E-state index is -0.188. The third-order valence-electron chi connectivity index (χ3n) is 2.39. The lowest BCUT2D eigenvalue weighted by Crippen LogP contribution is -2.31. The van der Waals surface area contributed by atoms with Gasteiger partial charge in [-0.15, -0.1) is 0 Å². The van der Waals surface area contributed by atoms with Crippen LogP contribution in [0.1, 0.15) is 32.6 Å². The SMILES string of the molecule is CCOCC(C)OC(c1ccccn1)C(C)N. The van der Waals surface area contributed by atoms with E-state index in [0.29, 0.717) is 13.2 Å². The standard InChI is InChI=1S/C13H22N2O2/c1-4-16-9-10(2)17-13(11(3)14)12-7-5-6-8-15-12/h5-8,10-11,13H,4,9,14H2,1-3H3. The third-order valence-corrected chi connectivity index (χ3v) is 2.39. The molecule has 0 radical (unpaired) electrons. The number of rotatable bonds is 7. The molecule has 0 bridgehead atoms. The van der Waals surface area contributed by atoms with E-state index >= 15 is 0 Å². The van der Waals surface area contributed by atoms with Crippen molar-refractivity contribution in [1.29, 1.82) is 0 Å². The van der Waals surface area contributed by atoms with Crippen LogP contribution in [0, 0.1) is 0 Å². The molecule has 0 aromatic carbocycles. The molecule has 0 aliphatic rings. The molecule has 4 heteroatoms. The molecule has 17 heavy (non-hydrogen) atoms. The summed E-state index contributed by atoms with van der Waals surface area (Å²) in [4.78, 5) is 4.29. The Morgan fingerprint density at radius 2 is 2.12 bits per heavy atom. The minimum absolute atomic E-state index is 0.00737. The van der Waals surface area contributed by atoms with E-state index in [1.807, 2.05) is 39.0 Å². The van der Waals surface area contributed by atoms with Crippen molar-refractivity contribution in [1.82, 2.24) is 4.98 Å². The zero-order valence-corrected chi connectivity index (χ0v) is 10.8. The van der Waals surface area contributed by atoms with Gasteiger partial charge in [-0.05, 0) is 32.9 Å². The number of hydrogen-bond acceptors (Lipinski definition) is 4. The molecule has 0 aliphatic heterocycles. The highest BCUT2D eigenvalue weighted by molar-refractivity contribution is 5.08. The van der Waals surface area contributed by atoms with Crippen LogP contribution in [0.3, 0.4) is 0 Å². The summed E-state index contributed by atoms with van der Waals surface area (Å²) in [5.74, 6) is 0. The maximum atomic E-state index is 5.94. The van der Waals surface area contributed by atoms with Crippen LogP contribution in [0.25, 0.3) is 0 Å². The van der Waals surface area contributed by atoms with Gasteiger partial charge in [0.2, 0.25) is 0 Å². The van der Waals surface area contributed by atoms with Crippen LogP contribution in [-0.2, 0) is 9.47 Å². The quantitative estimate of drug-likeness (QED) is 0.788. The van der Waals surface area contributed by atoms with E-state index < -0.39 is 0 Å². The van der Waals surface area contributed by atoms with Crippen LogP contribution in [-0.4, -0.2) is 30.3 Å². The highest BCUT2D eigenvalue weighted by Crippen LogP contribution is 2.19. The number of aromatic nitrogens is 1. The third kappa shape index (κ3) is 4.81. The first kappa shape index (κ1) is 14.1. The molecule has 1 heterocycles. The first-order valence-electron chi connectivity index (χ1n) is 6.04. The first-order valence-corrected chi connectivity index (χ1v) is 6.04. The average molecular weight is 238 g/mol. The van der Waals surface area contributed by atoms with Crippen molar-refractivity contribution in [3.05, 3.63) is 30.1 Å². The largest absolute Gasteiger partial charge is 0.379 e. The van der Waals surface area contributed by atoms with Gasteiger partial charge in [-0.1, -0.05) is 6.07 Å². The van der Waals surface area contributed by atoms with E-state index in [0.717, 1.165) is 5.69 Å². The lowest BCUT2D eigenvalue weighted by atomic mass is 10.1. The summed E-state index contributed by atoms with van der Waals surface area (Å²) in [6.45, 7) is 7.14. The molecule has 96 valence electrons. The Hall–Kier alpha value is -0.970. The fraction of sp³-hybridized carbons (Fsp3) is 0.615. The van der Waals surface area contributed by atoms with Crippen LogP contribution in [0.5, 0.6) is 0 Å². The van der Waals surface area contributed by atoms with Crippen LogP contribution in [0.4, 0.5) is 0 Å². The van der Waals surface area contributed by atoms with Crippen LogP contribution >= 0.6 is 0 Å². The van der Waals surface area contributed by atoms with Crippen LogP contribution in [0.2, 0.25) is 0 Å². The Labute approximate surface area is 103 Å². The van der Waals surface area contributed by atoms with Crippen molar-refractivity contribution in [3.8, 4) is 0 Å². The molecule has 0 saturated heterocycles. The molecule has 0 amide bonds. The van der Waals surface area contributed by atoms with Crippen molar-refractivity contribution in [2.45, 2.75) is 39.0 Å². The predicted molar refractivity (Wildman–Crippen MR) is 67.7 cm³/mol. The molecule has 4 nitrogen and oxygen atoms in total. The van der Waals surface area contributed by atoms with Gasteiger partial charge in [0.05, 0.1) is 18.4 Å². The average Bonchev–Trinajstić information content (AvgIpc) is 2.34. The van der Waals surface area contributed by atoms with Gasteiger partial charge < -0.3 is 15.2 Å². The number of hydrogen-bond donors (Lipinski definition) is 1. The van der Waals surface area contributed by atoms with Gasteiger partial charge >= 0.3 is 0 Å². The molecule has 1 aromatic heterocycles. The highest BCUT2D eigenvalue weighted by atomic mass is 16.5. The molecular formula is C13H22N2O2. The lowest BCUT2D eigenvalue weighted by molar-refractivity contribution is -0.0566. The number of pyridine rings is 1. The van der Waals surface area contributed by atoms with E-state index in [9.17, 15) is 0 Å². The molecule has 3 unspecified atom stereocenters. The van der Waals surface area contributed by atoms with Gasteiger partial charge in [-0.2, -0.15) is 0 Å². The van der Waals surface area contributed by atoms with Crippen molar-refractivity contribution in [2.75, 3.05) is 13.2 Å². The molecule has 2 N–H and O–H groups in total. The van der Waals surface area contributed by atoms with Gasteiger partial charge in [0.25, 0.3) is 0 Å². The van der Waals surface area contributed by atoms with Crippen LogP contribution in [0.15, 0.2) is 24.4 Å². The second-order valence-corrected chi connectivity index (χ2v) is 4.14. The predicted octanol–water partition coefficient (Wildman–Crippen LogP) is 1.91. The summed E-state index contributed by atoms with van der Waals surface area (Å²) in [6.07, 6.45) is 1.57. The van der Waals surface area contributed by atoms with Crippen molar-refractivity contribution >= 4 is 0 Å². The number of nitrogens with two attached hydrogens (primary N) is 1. The van der Waals surface area contributed by atoms with Gasteiger partial charge in [-0.25, -0.2) is 0 Å². The van der Waals surface area contributed by atoms with E-state index in [1.54, 1.807) is 6.20 Å². The van der Waals surface area contributed by atoms with E-state index in [-0.39, 0.29) is 18.2 Å². The van der Waals surface area contributed by atoms with E-state index in [2.05, 4.69) is 4.98 Å². The van der Waals surface area contributed by atoms with Gasteiger partial charge in [0, 0.05) is 18.8 Å². The lowest BCUT2D eigenvalue weighted by Gasteiger charge is -2.24. The maximum Gasteiger partial charge on any atom is 0.115 e. The molecule has 0 aliphatic carbocycles. The van der Waals surface area contributed by atoms with Crippen LogP contribution < -0.4 is 5.73 Å². The van der Waals surface area contributed by atoms with Gasteiger partial charge in [0.15, 0.2) is 0 Å². The molecule has 0 saturated carbocycles. The maximum absolute atomic E-state index is 5.94. The Bertz CT molecular complexity index is 304. The zero-order chi connectivity index (χ0) is 12.7. The first-order chi connectivity index (χ1) is 8.15. The summed E-state index contributed by atoms with van der Waals surface area (Å²) in [7, 11) is 0. The molecule has 1 rings (SSSR count). The molecule has 0 spiro atoms. The molecule has 0 fully saturated rings. The Morgan fingerprint density at radius 3 is 2.65 bits per heavy atom. The number of ether oxygens (including phenoxy) is 2. The van der Waals surface area contributed by atoms with E-state index in [1.165, 1.54) is 0 Å². The summed E-state index contributed by atoms with van der Waals surface area (Å²) < 4.78 is 11.2. The van der Waals surface area contributed by atoms with E-state index in [4.69, 9.17) is 15.2 Å². The monoisotopic (exact) mass is 238 g/mol. The normalized spacial score (nSPS) is 16.5. The Kier molecular flexibility index (Phi) is 6.11. The van der Waals surface area contributed by atoms with Crippen molar-refractivity contribution < 1.29 is 9.47 Å². The van der Waals surface area contributed by atoms with Crippen molar-refractivity contribution in [2.24, 2.45) is 5.73 Å². The summed E-state index contributed by atoms with van der Waals surface area (Å²) in [5, 5.41) is 0. The smallest absolute Gasteiger partial charge is 0.115 e. The zero-order valence-electron chi connectivity index (χ0n) is 10.8. The molecule has 3 atom stereocenters. The molecule has 1 aromatic rings. The summed E-state index contributed by atoms with van der Waals surface area (Å²) in [5.41, 5.74) is 6.81.